The number of amides is 1. The van der Waals surface area contributed by atoms with Gasteiger partial charge in [0.1, 0.15) is 0 Å². The largest absolute Gasteiger partial charge is 0.399 e. The van der Waals surface area contributed by atoms with E-state index in [4.69, 9.17) is 12.2 Å². The van der Waals surface area contributed by atoms with Crippen LogP contribution >= 0.6 is 0 Å². The number of aliphatic hydroxyl groups is 1. The molecule has 5 heteroatoms. The van der Waals surface area contributed by atoms with Crippen molar-refractivity contribution in [1.82, 2.24) is 0 Å². The summed E-state index contributed by atoms with van der Waals surface area (Å²) in [6, 6.07) is 13.2. The number of fused-ring (bicyclic) bond motifs is 1. The molecule has 2 aromatic rings. The molecule has 0 bridgehead atoms. The zero-order valence-electron chi connectivity index (χ0n) is 12.9. The van der Waals surface area contributed by atoms with Crippen molar-refractivity contribution >= 4 is 23.1 Å². The highest BCUT2D eigenvalue weighted by molar-refractivity contribution is 6.11. The Balaban J connectivity index is 1.97. The number of rotatable bonds is 4. The van der Waals surface area contributed by atoms with Crippen LogP contribution in [-0.4, -0.2) is 23.3 Å². The van der Waals surface area contributed by atoms with E-state index in [1.54, 1.807) is 48.5 Å². The molecule has 0 saturated carbocycles. The number of Topliss-reactive ketones (excluding diaryl/α,β-unsaturated/α-hetero) is 1. The second-order valence-electron chi connectivity index (χ2n) is 5.69. The maximum Gasteiger partial charge on any atom is 0.265 e. The van der Waals surface area contributed by atoms with Gasteiger partial charge in [0, 0.05) is 16.8 Å². The zero-order valence-corrected chi connectivity index (χ0v) is 12.9. The smallest absolute Gasteiger partial charge is 0.265 e. The zero-order chi connectivity index (χ0) is 17.3. The summed E-state index contributed by atoms with van der Waals surface area (Å²) in [6.07, 6.45) is 4.97. The Morgan fingerprint density at radius 2 is 1.88 bits per heavy atom. The van der Waals surface area contributed by atoms with Gasteiger partial charge in [0.05, 0.1) is 18.7 Å². The first kappa shape index (κ1) is 15.8. The van der Waals surface area contributed by atoms with Gasteiger partial charge in [-0.15, -0.1) is 6.42 Å². The molecule has 3 rings (SSSR count). The van der Waals surface area contributed by atoms with Crippen LogP contribution in [-0.2, 0) is 10.4 Å². The first-order chi connectivity index (χ1) is 11.5. The third-order valence-electron chi connectivity index (χ3n) is 4.14. The minimum Gasteiger partial charge on any atom is -0.399 e. The number of hydrogen-bond donors (Lipinski definition) is 2. The van der Waals surface area contributed by atoms with Gasteiger partial charge in [-0.2, -0.15) is 0 Å². The number of terminal acetylenes is 1. The minimum atomic E-state index is -1.91. The van der Waals surface area contributed by atoms with Crippen LogP contribution in [0.4, 0.5) is 11.4 Å². The number of anilines is 2. The van der Waals surface area contributed by atoms with Crippen LogP contribution in [0.5, 0.6) is 0 Å². The number of nitrogen functional groups attached to an aromatic ring is 1. The van der Waals surface area contributed by atoms with Crippen LogP contribution < -0.4 is 10.6 Å². The molecule has 0 aliphatic carbocycles. The van der Waals surface area contributed by atoms with E-state index in [0.29, 0.717) is 22.5 Å². The molecule has 120 valence electrons. The van der Waals surface area contributed by atoms with E-state index in [9.17, 15) is 14.7 Å². The van der Waals surface area contributed by atoms with Crippen LogP contribution in [0.2, 0.25) is 0 Å². The van der Waals surface area contributed by atoms with Crippen molar-refractivity contribution in [2.45, 2.75) is 12.0 Å². The highest BCUT2D eigenvalue weighted by Gasteiger charge is 2.50. The van der Waals surface area contributed by atoms with E-state index < -0.39 is 11.5 Å². The first-order valence-electron chi connectivity index (χ1n) is 7.43. The molecular weight excluding hydrogens is 304 g/mol. The Morgan fingerprint density at radius 3 is 2.54 bits per heavy atom. The summed E-state index contributed by atoms with van der Waals surface area (Å²) in [5, 5.41) is 11.0. The lowest BCUT2D eigenvalue weighted by molar-refractivity contribution is -0.135. The molecule has 0 saturated heterocycles. The van der Waals surface area contributed by atoms with E-state index in [-0.39, 0.29) is 18.7 Å². The second kappa shape index (κ2) is 5.84. The van der Waals surface area contributed by atoms with Crippen molar-refractivity contribution < 1.29 is 14.7 Å². The Bertz CT molecular complexity index is 852. The summed E-state index contributed by atoms with van der Waals surface area (Å²) in [6.45, 7) is 0.0359. The number of ketones is 1. The normalized spacial score (nSPS) is 19.0. The third-order valence-corrected chi connectivity index (χ3v) is 4.14. The fraction of sp³-hybridized carbons (Fsp3) is 0.158. The first-order valence-corrected chi connectivity index (χ1v) is 7.43. The highest BCUT2D eigenvalue weighted by Crippen LogP contribution is 2.42. The molecular formula is C19H16N2O3. The van der Waals surface area contributed by atoms with E-state index in [2.05, 4.69) is 5.92 Å². The van der Waals surface area contributed by atoms with Gasteiger partial charge in [0.25, 0.3) is 5.91 Å². The van der Waals surface area contributed by atoms with E-state index in [1.807, 2.05) is 0 Å². The monoisotopic (exact) mass is 320 g/mol. The summed E-state index contributed by atoms with van der Waals surface area (Å²) in [5.74, 6) is 1.48. The predicted molar refractivity (Wildman–Crippen MR) is 91.3 cm³/mol. The molecule has 0 spiro atoms. The fourth-order valence-corrected chi connectivity index (χ4v) is 2.93. The van der Waals surface area contributed by atoms with Gasteiger partial charge < -0.3 is 10.8 Å². The molecule has 1 aliphatic heterocycles. The van der Waals surface area contributed by atoms with Crippen LogP contribution in [0.1, 0.15) is 22.3 Å². The maximum absolute atomic E-state index is 12.7. The van der Waals surface area contributed by atoms with Crippen molar-refractivity contribution in [3.05, 3.63) is 59.7 Å². The average molecular weight is 320 g/mol. The number of nitrogens with zero attached hydrogens (tertiary/aromatic N) is 1. The number of nitrogens with two attached hydrogens (primary N) is 1. The molecule has 0 fully saturated rings. The van der Waals surface area contributed by atoms with Gasteiger partial charge in [-0.3, -0.25) is 14.5 Å². The third kappa shape index (κ3) is 2.43. The Hall–Kier alpha value is -3.10. The van der Waals surface area contributed by atoms with Gasteiger partial charge >= 0.3 is 0 Å². The van der Waals surface area contributed by atoms with Crippen molar-refractivity contribution in [3.63, 3.8) is 0 Å². The van der Waals surface area contributed by atoms with Crippen molar-refractivity contribution in [2.75, 3.05) is 17.2 Å². The molecule has 24 heavy (non-hydrogen) atoms. The number of carbonyl (C=O) groups is 2. The molecule has 3 N–H and O–H groups in total. The van der Waals surface area contributed by atoms with Crippen LogP contribution in [0.25, 0.3) is 0 Å². The molecule has 2 aromatic carbocycles. The lowest BCUT2D eigenvalue weighted by Crippen LogP contribution is -2.42. The topological polar surface area (TPSA) is 83.6 Å². The number of benzene rings is 2. The standard InChI is InChI=1S/C19H16N2O3/c1-2-11-21-16-6-4-3-5-15(16)19(24,18(21)23)12-17(22)13-7-9-14(20)10-8-13/h1,3-10,24H,11-12,20H2/t19-/m1/s1. The number of para-hydroxylation sites is 1. The summed E-state index contributed by atoms with van der Waals surface area (Å²) >= 11 is 0. The molecule has 1 atom stereocenters. The summed E-state index contributed by atoms with van der Waals surface area (Å²) in [5.41, 5.74) is 5.56. The SMILES string of the molecule is C#CCN1C(=O)[C@@](O)(CC(=O)c2ccc(N)cc2)c2ccccc21. The van der Waals surface area contributed by atoms with Gasteiger partial charge in [-0.1, -0.05) is 24.1 Å². The highest BCUT2D eigenvalue weighted by atomic mass is 16.3. The van der Waals surface area contributed by atoms with Gasteiger partial charge in [-0.05, 0) is 30.3 Å². The molecule has 1 heterocycles. The summed E-state index contributed by atoms with van der Waals surface area (Å²) in [4.78, 5) is 26.6. The quantitative estimate of drug-likeness (QED) is 0.510. The van der Waals surface area contributed by atoms with E-state index in [0.717, 1.165) is 0 Å². The lowest BCUT2D eigenvalue weighted by atomic mass is 9.88. The van der Waals surface area contributed by atoms with Crippen molar-refractivity contribution in [3.8, 4) is 12.3 Å². The summed E-state index contributed by atoms with van der Waals surface area (Å²) in [7, 11) is 0. The molecule has 0 radical (unpaired) electrons. The molecule has 0 unspecified atom stereocenters. The minimum absolute atomic E-state index is 0.0359. The Kier molecular flexibility index (Phi) is 3.84. The van der Waals surface area contributed by atoms with E-state index in [1.165, 1.54) is 4.90 Å². The predicted octanol–water partition coefficient (Wildman–Crippen LogP) is 1.71. The lowest BCUT2D eigenvalue weighted by Gasteiger charge is -2.21. The average Bonchev–Trinajstić information content (AvgIpc) is 2.78. The second-order valence-corrected chi connectivity index (χ2v) is 5.69. The summed E-state index contributed by atoms with van der Waals surface area (Å²) < 4.78 is 0. The van der Waals surface area contributed by atoms with Crippen molar-refractivity contribution in [1.29, 1.82) is 0 Å². The molecule has 1 aliphatic rings. The number of carbonyl (C=O) groups excluding carboxylic acids is 2. The maximum atomic E-state index is 12.7. The van der Waals surface area contributed by atoms with Crippen molar-refractivity contribution in [2.24, 2.45) is 0 Å². The molecule has 5 nitrogen and oxygen atoms in total. The van der Waals surface area contributed by atoms with Crippen LogP contribution in [0.3, 0.4) is 0 Å². The van der Waals surface area contributed by atoms with E-state index >= 15 is 0 Å². The van der Waals surface area contributed by atoms with Gasteiger partial charge in [0.2, 0.25) is 0 Å². The Labute approximate surface area is 139 Å². The Morgan fingerprint density at radius 1 is 1.21 bits per heavy atom. The molecule has 0 aromatic heterocycles. The van der Waals surface area contributed by atoms with Crippen LogP contribution in [0.15, 0.2) is 48.5 Å². The van der Waals surface area contributed by atoms with Gasteiger partial charge in [0.15, 0.2) is 11.4 Å². The fourth-order valence-electron chi connectivity index (χ4n) is 2.93. The molecule has 1 amide bonds. The number of hydrogen-bond acceptors (Lipinski definition) is 4. The van der Waals surface area contributed by atoms with Gasteiger partial charge in [-0.25, -0.2) is 0 Å². The van der Waals surface area contributed by atoms with Crippen LogP contribution in [0, 0.1) is 12.3 Å².